The van der Waals surface area contributed by atoms with Gasteiger partial charge >= 0.3 is 12.1 Å². The fourth-order valence-electron chi connectivity index (χ4n) is 3.46. The van der Waals surface area contributed by atoms with E-state index < -0.39 is 17.7 Å². The topological polar surface area (TPSA) is 57.7 Å². The molecule has 1 unspecified atom stereocenters. The number of esters is 1. The third-order valence-electron chi connectivity index (χ3n) is 5.18. The first-order chi connectivity index (χ1) is 16.1. The molecule has 0 aliphatic heterocycles. The number of benzene rings is 2. The molecule has 0 fully saturated rings. The number of hydrogen-bond donors (Lipinski definition) is 0. The first kappa shape index (κ1) is 25.1. The molecule has 8 heteroatoms. The summed E-state index contributed by atoms with van der Waals surface area (Å²) in [6.07, 6.45) is -4.69. The second-order valence-corrected chi connectivity index (χ2v) is 7.73. The predicted octanol–water partition coefficient (Wildman–Crippen LogP) is 6.47. The fourth-order valence-corrected chi connectivity index (χ4v) is 3.46. The summed E-state index contributed by atoms with van der Waals surface area (Å²) in [6, 6.07) is 13.9. The Morgan fingerprint density at radius 3 is 2.32 bits per heavy atom. The Morgan fingerprint density at radius 2 is 1.74 bits per heavy atom. The molecule has 0 saturated heterocycles. The number of alkyl halides is 3. The van der Waals surface area contributed by atoms with Crippen LogP contribution >= 0.6 is 0 Å². The molecule has 2 aromatic carbocycles. The molecule has 1 atom stereocenters. The first-order valence-corrected chi connectivity index (χ1v) is 10.8. The summed E-state index contributed by atoms with van der Waals surface area (Å²) in [5.74, 6) is 0.755. The van der Waals surface area contributed by atoms with Crippen molar-refractivity contribution in [3.63, 3.8) is 0 Å². The Kier molecular flexibility index (Phi) is 7.81. The van der Waals surface area contributed by atoms with Gasteiger partial charge in [0.25, 0.3) is 0 Å². The largest absolute Gasteiger partial charge is 0.486 e. The molecule has 1 aromatic heterocycles. The van der Waals surface area contributed by atoms with Crippen LogP contribution in [0.25, 0.3) is 11.3 Å². The van der Waals surface area contributed by atoms with Crippen molar-refractivity contribution in [3.05, 3.63) is 77.0 Å². The van der Waals surface area contributed by atoms with Gasteiger partial charge in [0.1, 0.15) is 17.6 Å². The molecule has 5 nitrogen and oxygen atoms in total. The van der Waals surface area contributed by atoms with E-state index in [2.05, 4.69) is 4.98 Å². The van der Waals surface area contributed by atoms with Gasteiger partial charge < -0.3 is 14.2 Å². The smallest absolute Gasteiger partial charge is 0.416 e. The summed E-state index contributed by atoms with van der Waals surface area (Å²) < 4.78 is 54.8. The van der Waals surface area contributed by atoms with Crippen molar-refractivity contribution >= 4 is 5.97 Å². The predicted molar refractivity (Wildman–Crippen MR) is 122 cm³/mol. The van der Waals surface area contributed by atoms with Gasteiger partial charge in [0.2, 0.25) is 0 Å². The van der Waals surface area contributed by atoms with Crippen molar-refractivity contribution < 1.29 is 32.2 Å². The van der Waals surface area contributed by atoms with Crippen LogP contribution in [0.4, 0.5) is 13.2 Å². The average molecular weight is 473 g/mol. The molecule has 0 aliphatic carbocycles. The Hall–Kier alpha value is -3.55. The molecule has 34 heavy (non-hydrogen) atoms. The average Bonchev–Trinajstić information content (AvgIpc) is 2.78. The lowest BCUT2D eigenvalue weighted by Crippen LogP contribution is -2.15. The monoisotopic (exact) mass is 473 g/mol. The Labute approximate surface area is 196 Å². The molecule has 0 saturated carbocycles. The van der Waals surface area contributed by atoms with Gasteiger partial charge in [-0.2, -0.15) is 13.2 Å². The standard InChI is InChI=1S/C26H26F3NO4/c1-5-32-25(31)15-33-24-13-10-21(14-16(24)2)34-18(4)22-11-12-23(30-17(22)3)19-6-8-20(9-7-19)26(27,28)29/h6-14,18H,5,15H2,1-4H3. The van der Waals surface area contributed by atoms with Crippen LogP contribution in [-0.2, 0) is 15.7 Å². The molecule has 0 bridgehead atoms. The SMILES string of the molecule is CCOC(=O)COc1ccc(OC(C)c2ccc(-c3ccc(C(F)(F)F)cc3)nc2C)cc1C. The second kappa shape index (κ2) is 10.6. The lowest BCUT2D eigenvalue weighted by atomic mass is 10.0. The maximum Gasteiger partial charge on any atom is 0.416 e. The van der Waals surface area contributed by atoms with E-state index in [1.54, 1.807) is 25.1 Å². The lowest BCUT2D eigenvalue weighted by molar-refractivity contribution is -0.145. The zero-order valence-corrected chi connectivity index (χ0v) is 19.4. The summed E-state index contributed by atoms with van der Waals surface area (Å²) in [5, 5.41) is 0. The van der Waals surface area contributed by atoms with Crippen molar-refractivity contribution in [2.75, 3.05) is 13.2 Å². The van der Waals surface area contributed by atoms with Crippen LogP contribution in [0, 0.1) is 13.8 Å². The summed E-state index contributed by atoms with van der Waals surface area (Å²) in [4.78, 5) is 16.0. The molecule has 0 aliphatic rings. The van der Waals surface area contributed by atoms with Crippen molar-refractivity contribution in [1.29, 1.82) is 0 Å². The molecular formula is C26H26F3NO4. The minimum Gasteiger partial charge on any atom is -0.486 e. The van der Waals surface area contributed by atoms with Gasteiger partial charge in [-0.15, -0.1) is 0 Å². The van der Waals surface area contributed by atoms with Crippen molar-refractivity contribution in [3.8, 4) is 22.8 Å². The van der Waals surface area contributed by atoms with E-state index >= 15 is 0 Å². The van der Waals surface area contributed by atoms with Gasteiger partial charge in [-0.3, -0.25) is 4.98 Å². The molecule has 3 rings (SSSR count). The molecule has 180 valence electrons. The van der Waals surface area contributed by atoms with E-state index in [9.17, 15) is 18.0 Å². The molecule has 0 amide bonds. The highest BCUT2D eigenvalue weighted by Crippen LogP contribution is 2.32. The number of halogens is 3. The van der Waals surface area contributed by atoms with E-state index in [0.717, 1.165) is 29.0 Å². The number of rotatable bonds is 8. The van der Waals surface area contributed by atoms with Crippen LogP contribution in [0.2, 0.25) is 0 Å². The molecular weight excluding hydrogens is 447 g/mol. The molecule has 3 aromatic rings. The van der Waals surface area contributed by atoms with Crippen LogP contribution in [0.15, 0.2) is 54.6 Å². The number of nitrogens with zero attached hydrogens (tertiary/aromatic N) is 1. The van der Waals surface area contributed by atoms with E-state index in [1.807, 2.05) is 32.9 Å². The highest BCUT2D eigenvalue weighted by molar-refractivity contribution is 5.71. The molecule has 0 radical (unpaired) electrons. The Morgan fingerprint density at radius 1 is 1.03 bits per heavy atom. The Bertz CT molecular complexity index is 1140. The van der Waals surface area contributed by atoms with Gasteiger partial charge in [-0.1, -0.05) is 18.2 Å². The summed E-state index contributed by atoms with van der Waals surface area (Å²) >= 11 is 0. The van der Waals surface area contributed by atoms with E-state index in [1.165, 1.54) is 12.1 Å². The summed E-state index contributed by atoms with van der Waals surface area (Å²) in [6.45, 7) is 7.44. The van der Waals surface area contributed by atoms with E-state index in [0.29, 0.717) is 29.4 Å². The van der Waals surface area contributed by atoms with Crippen molar-refractivity contribution in [1.82, 2.24) is 4.98 Å². The third-order valence-corrected chi connectivity index (χ3v) is 5.18. The van der Waals surface area contributed by atoms with Gasteiger partial charge in [0.15, 0.2) is 6.61 Å². The van der Waals surface area contributed by atoms with E-state index in [-0.39, 0.29) is 12.7 Å². The number of ether oxygens (including phenoxy) is 3. The van der Waals surface area contributed by atoms with Gasteiger partial charge in [0.05, 0.1) is 17.9 Å². The first-order valence-electron chi connectivity index (χ1n) is 10.8. The molecule has 0 spiro atoms. The quantitative estimate of drug-likeness (QED) is 0.351. The van der Waals surface area contributed by atoms with Crippen molar-refractivity contribution in [2.24, 2.45) is 0 Å². The minimum atomic E-state index is -4.37. The maximum absolute atomic E-state index is 12.8. The summed E-state index contributed by atoms with van der Waals surface area (Å²) in [7, 11) is 0. The van der Waals surface area contributed by atoms with Gasteiger partial charge in [0, 0.05) is 16.8 Å². The number of hydrogen-bond acceptors (Lipinski definition) is 5. The van der Waals surface area contributed by atoms with Gasteiger partial charge in [-0.05, 0) is 69.7 Å². The zero-order chi connectivity index (χ0) is 24.9. The second-order valence-electron chi connectivity index (χ2n) is 7.73. The Balaban J connectivity index is 1.69. The van der Waals surface area contributed by atoms with Crippen LogP contribution in [0.5, 0.6) is 11.5 Å². The minimum absolute atomic E-state index is 0.165. The van der Waals surface area contributed by atoms with Crippen LogP contribution in [-0.4, -0.2) is 24.2 Å². The molecule has 1 heterocycles. The number of pyridine rings is 1. The number of aromatic nitrogens is 1. The third kappa shape index (κ3) is 6.27. The summed E-state index contributed by atoms with van der Waals surface area (Å²) in [5.41, 5.74) is 2.87. The number of carbonyl (C=O) groups is 1. The molecule has 0 N–H and O–H groups in total. The highest BCUT2D eigenvalue weighted by atomic mass is 19.4. The highest BCUT2D eigenvalue weighted by Gasteiger charge is 2.30. The lowest BCUT2D eigenvalue weighted by Gasteiger charge is -2.18. The number of aryl methyl sites for hydroxylation is 2. The zero-order valence-electron chi connectivity index (χ0n) is 19.4. The van der Waals surface area contributed by atoms with Crippen LogP contribution in [0.1, 0.15) is 42.3 Å². The number of carbonyl (C=O) groups excluding carboxylic acids is 1. The maximum atomic E-state index is 12.8. The van der Waals surface area contributed by atoms with E-state index in [4.69, 9.17) is 14.2 Å². The van der Waals surface area contributed by atoms with Crippen LogP contribution < -0.4 is 9.47 Å². The van der Waals surface area contributed by atoms with Gasteiger partial charge in [-0.25, -0.2) is 4.79 Å². The normalized spacial score (nSPS) is 12.2. The van der Waals surface area contributed by atoms with Crippen LogP contribution in [0.3, 0.4) is 0 Å². The van der Waals surface area contributed by atoms with Crippen molar-refractivity contribution in [2.45, 2.75) is 40.0 Å². The fraction of sp³-hybridized carbons (Fsp3) is 0.308.